The summed E-state index contributed by atoms with van der Waals surface area (Å²) in [6.07, 6.45) is 0.0211. The lowest BCUT2D eigenvalue weighted by atomic mass is 10.1. The highest BCUT2D eigenvalue weighted by atomic mass is 127. The molecule has 166 valence electrons. The van der Waals surface area contributed by atoms with Crippen molar-refractivity contribution in [2.75, 3.05) is 59.4 Å². The third kappa shape index (κ3) is 10.7. The fraction of sp³-hybridized carbons (Fsp3) is 0.667. The molecule has 0 spiro atoms. The van der Waals surface area contributed by atoms with Crippen molar-refractivity contribution in [3.05, 3.63) is 29.3 Å². The molecule has 1 saturated heterocycles. The van der Waals surface area contributed by atoms with Gasteiger partial charge < -0.3 is 25.2 Å². The summed E-state index contributed by atoms with van der Waals surface area (Å²) in [5.74, 6) is 2.20. The van der Waals surface area contributed by atoms with Crippen molar-refractivity contribution in [1.29, 1.82) is 0 Å². The minimum atomic E-state index is 0. The van der Waals surface area contributed by atoms with Gasteiger partial charge in [-0.05, 0) is 51.1 Å². The van der Waals surface area contributed by atoms with E-state index in [1.54, 1.807) is 0 Å². The quantitative estimate of drug-likeness (QED) is 0.288. The van der Waals surface area contributed by atoms with Gasteiger partial charge in [0.1, 0.15) is 11.9 Å². The van der Waals surface area contributed by atoms with Crippen molar-refractivity contribution in [3.8, 4) is 5.75 Å². The van der Waals surface area contributed by atoms with Crippen LogP contribution >= 0.6 is 35.6 Å². The molecule has 2 atom stereocenters. The van der Waals surface area contributed by atoms with Crippen LogP contribution < -0.4 is 15.4 Å². The molecule has 1 aromatic carbocycles. The zero-order chi connectivity index (χ0) is 20.4. The Kier molecular flexibility index (Phi) is 12.9. The molecule has 0 aliphatic carbocycles. The number of benzene rings is 1. The van der Waals surface area contributed by atoms with Crippen LogP contribution in [0.1, 0.15) is 20.8 Å². The third-order valence-electron chi connectivity index (χ3n) is 4.78. The Morgan fingerprint density at radius 1 is 1.14 bits per heavy atom. The molecule has 1 aliphatic heterocycles. The lowest BCUT2D eigenvalue weighted by Crippen LogP contribution is -2.46. The van der Waals surface area contributed by atoms with Gasteiger partial charge in [0.15, 0.2) is 5.96 Å². The van der Waals surface area contributed by atoms with Crippen LogP contribution in [0.4, 0.5) is 0 Å². The lowest BCUT2D eigenvalue weighted by molar-refractivity contribution is 0.140. The highest BCUT2D eigenvalue weighted by molar-refractivity contribution is 14.0. The molecule has 1 aromatic rings. The fourth-order valence-electron chi connectivity index (χ4n) is 3.15. The molecule has 1 heterocycles. The maximum Gasteiger partial charge on any atom is 0.191 e. The summed E-state index contributed by atoms with van der Waals surface area (Å²) in [5, 5.41) is 7.42. The number of likely N-dealkylation sites (N-methyl/N-ethyl adjacent to an activating group) is 1. The van der Waals surface area contributed by atoms with Crippen LogP contribution in [0.5, 0.6) is 5.75 Å². The van der Waals surface area contributed by atoms with E-state index in [0.29, 0.717) is 17.5 Å². The third-order valence-corrected chi connectivity index (χ3v) is 5.03. The number of nitrogens with one attached hydrogen (secondary N) is 2. The topological polar surface area (TPSA) is 52.1 Å². The molecule has 0 amide bonds. The van der Waals surface area contributed by atoms with E-state index in [4.69, 9.17) is 21.3 Å². The second kappa shape index (κ2) is 14.3. The van der Waals surface area contributed by atoms with Gasteiger partial charge in [0.05, 0.1) is 6.54 Å². The van der Waals surface area contributed by atoms with E-state index in [-0.39, 0.29) is 30.1 Å². The smallest absolute Gasteiger partial charge is 0.191 e. The van der Waals surface area contributed by atoms with Crippen LogP contribution in [0.2, 0.25) is 5.02 Å². The molecule has 8 heteroatoms. The Morgan fingerprint density at radius 3 is 2.41 bits per heavy atom. The first-order chi connectivity index (χ1) is 13.5. The van der Waals surface area contributed by atoms with E-state index in [9.17, 15) is 0 Å². The zero-order valence-electron chi connectivity index (χ0n) is 18.2. The van der Waals surface area contributed by atoms with Crippen molar-refractivity contribution in [3.63, 3.8) is 0 Å². The molecule has 2 N–H and O–H groups in total. The summed E-state index contributed by atoms with van der Waals surface area (Å²) < 4.78 is 5.92. The van der Waals surface area contributed by atoms with Gasteiger partial charge in [0.2, 0.25) is 0 Å². The van der Waals surface area contributed by atoms with Crippen LogP contribution in [0.3, 0.4) is 0 Å². The van der Waals surface area contributed by atoms with Crippen molar-refractivity contribution >= 4 is 41.5 Å². The number of hydrogen-bond donors (Lipinski definition) is 2. The van der Waals surface area contributed by atoms with Gasteiger partial charge in [-0.15, -0.1) is 24.0 Å². The Labute approximate surface area is 198 Å². The number of rotatable bonds is 9. The highest BCUT2D eigenvalue weighted by Crippen LogP contribution is 2.16. The number of halogens is 2. The molecule has 6 nitrogen and oxygen atoms in total. The minimum absolute atomic E-state index is 0. The summed E-state index contributed by atoms with van der Waals surface area (Å²) in [7, 11) is 2.19. The van der Waals surface area contributed by atoms with Crippen molar-refractivity contribution < 1.29 is 4.74 Å². The number of ether oxygens (including phenoxy) is 1. The molecule has 1 fully saturated rings. The highest BCUT2D eigenvalue weighted by Gasteiger charge is 2.16. The van der Waals surface area contributed by atoms with Gasteiger partial charge in [-0.25, -0.2) is 0 Å². The van der Waals surface area contributed by atoms with Gasteiger partial charge >= 0.3 is 0 Å². The summed E-state index contributed by atoms with van der Waals surface area (Å²) in [6.45, 7) is 14.5. The monoisotopic (exact) mass is 537 g/mol. The first kappa shape index (κ1) is 26.3. The van der Waals surface area contributed by atoms with E-state index in [1.807, 2.05) is 31.2 Å². The van der Waals surface area contributed by atoms with Crippen LogP contribution in [-0.2, 0) is 0 Å². The number of hydrogen-bond acceptors (Lipinski definition) is 4. The van der Waals surface area contributed by atoms with E-state index in [2.05, 4.69) is 41.3 Å². The van der Waals surface area contributed by atoms with E-state index < -0.39 is 0 Å². The van der Waals surface area contributed by atoms with E-state index in [0.717, 1.165) is 57.5 Å². The summed E-state index contributed by atoms with van der Waals surface area (Å²) in [6, 6.07) is 7.45. The molecule has 2 rings (SSSR count). The molecule has 0 radical (unpaired) electrons. The Balaban J connectivity index is 0.00000420. The van der Waals surface area contributed by atoms with Gasteiger partial charge in [0.25, 0.3) is 0 Å². The summed E-state index contributed by atoms with van der Waals surface area (Å²) in [4.78, 5) is 9.70. The summed E-state index contributed by atoms with van der Waals surface area (Å²) >= 11 is 5.92. The molecular formula is C21H37ClIN5O. The average molecular weight is 538 g/mol. The van der Waals surface area contributed by atoms with Gasteiger partial charge in [-0.3, -0.25) is 4.99 Å². The fourth-order valence-corrected chi connectivity index (χ4v) is 3.27. The zero-order valence-corrected chi connectivity index (χ0v) is 21.2. The molecule has 29 heavy (non-hydrogen) atoms. The van der Waals surface area contributed by atoms with Crippen LogP contribution in [0.25, 0.3) is 0 Å². The molecule has 0 bridgehead atoms. The molecule has 0 saturated carbocycles. The predicted molar refractivity (Wildman–Crippen MR) is 134 cm³/mol. The summed E-state index contributed by atoms with van der Waals surface area (Å²) in [5.41, 5.74) is 0. The first-order valence-electron chi connectivity index (χ1n) is 10.3. The van der Waals surface area contributed by atoms with Crippen LogP contribution in [-0.4, -0.2) is 81.3 Å². The van der Waals surface area contributed by atoms with E-state index >= 15 is 0 Å². The maximum absolute atomic E-state index is 5.92. The lowest BCUT2D eigenvalue weighted by Gasteiger charge is -2.33. The van der Waals surface area contributed by atoms with Crippen molar-refractivity contribution in [2.45, 2.75) is 26.9 Å². The number of guanidine groups is 1. The molecular weight excluding hydrogens is 501 g/mol. The SMILES string of the molecule is CCNC(=NCC(C)CN1CCN(C)CC1)NCC(C)Oc1ccc(Cl)cc1.I. The average Bonchev–Trinajstić information content (AvgIpc) is 2.67. The van der Waals surface area contributed by atoms with Gasteiger partial charge in [0, 0.05) is 50.8 Å². The Morgan fingerprint density at radius 2 is 1.79 bits per heavy atom. The van der Waals surface area contributed by atoms with E-state index in [1.165, 1.54) is 0 Å². The minimum Gasteiger partial charge on any atom is -0.489 e. The van der Waals surface area contributed by atoms with Crippen molar-refractivity contribution in [1.82, 2.24) is 20.4 Å². The first-order valence-corrected chi connectivity index (χ1v) is 10.7. The van der Waals surface area contributed by atoms with Crippen LogP contribution in [0.15, 0.2) is 29.3 Å². The number of nitrogens with zero attached hydrogens (tertiary/aromatic N) is 3. The van der Waals surface area contributed by atoms with Gasteiger partial charge in [-0.2, -0.15) is 0 Å². The standard InChI is InChI=1S/C21H36ClN5O.HI/c1-5-23-21(24-14-17(2)16-27-12-10-26(4)11-13-27)25-15-18(3)28-20-8-6-19(22)7-9-20;/h6-9,17-18H,5,10-16H2,1-4H3,(H2,23,24,25);1H. The number of piperazine rings is 1. The largest absolute Gasteiger partial charge is 0.489 e. The number of aliphatic imine (C=N–C) groups is 1. The van der Waals surface area contributed by atoms with Gasteiger partial charge in [-0.1, -0.05) is 18.5 Å². The molecule has 1 aliphatic rings. The Bertz CT molecular complexity index is 593. The van der Waals surface area contributed by atoms with Crippen molar-refractivity contribution in [2.24, 2.45) is 10.9 Å². The maximum atomic E-state index is 5.92. The predicted octanol–water partition coefficient (Wildman–Crippen LogP) is 3.16. The normalized spacial score (nSPS) is 17.9. The Hall–Kier alpha value is -0.770. The second-order valence-electron chi connectivity index (χ2n) is 7.69. The molecule has 0 aromatic heterocycles. The molecule has 2 unspecified atom stereocenters. The van der Waals surface area contributed by atoms with Crippen LogP contribution in [0, 0.1) is 5.92 Å². The second-order valence-corrected chi connectivity index (χ2v) is 8.13.